The Kier molecular flexibility index (Phi) is 6.63. The first kappa shape index (κ1) is 23.0. The normalized spacial score (nSPS) is 15.2. The molecule has 2 aromatic carbocycles. The van der Waals surface area contributed by atoms with Crippen molar-refractivity contribution in [2.75, 3.05) is 19.1 Å². The molecule has 4 aromatic rings. The van der Waals surface area contributed by atoms with Gasteiger partial charge in [-0.05, 0) is 47.0 Å². The number of amides is 2. The molecule has 0 aliphatic carbocycles. The maximum absolute atomic E-state index is 13.1. The predicted octanol–water partition coefficient (Wildman–Crippen LogP) is 4.58. The van der Waals surface area contributed by atoms with Crippen molar-refractivity contribution in [3.8, 4) is 16.9 Å². The van der Waals surface area contributed by atoms with Gasteiger partial charge < -0.3 is 19.9 Å². The van der Waals surface area contributed by atoms with Gasteiger partial charge in [-0.15, -0.1) is 0 Å². The molecule has 0 saturated heterocycles. The number of ether oxygens (including phenoxy) is 1. The number of hydrogen-bond acceptors (Lipinski definition) is 4. The highest BCUT2D eigenvalue weighted by molar-refractivity contribution is 6.11. The van der Waals surface area contributed by atoms with E-state index in [2.05, 4.69) is 15.3 Å². The molecule has 0 spiro atoms. The lowest BCUT2D eigenvalue weighted by Crippen LogP contribution is -2.45. The van der Waals surface area contributed by atoms with Crippen molar-refractivity contribution in [3.63, 3.8) is 0 Å². The first-order valence-electron chi connectivity index (χ1n) is 11.3. The molecule has 7 heteroatoms. The molecule has 2 N–H and O–H groups in total. The summed E-state index contributed by atoms with van der Waals surface area (Å²) in [5.74, 6) is 0.126. The minimum Gasteiger partial charge on any atom is -0.497 e. The fraction of sp³-hybridized carbons (Fsp3) is 0.222. The Morgan fingerprint density at radius 2 is 1.76 bits per heavy atom. The van der Waals surface area contributed by atoms with Crippen LogP contribution in [0.3, 0.4) is 0 Å². The van der Waals surface area contributed by atoms with Crippen LogP contribution in [-0.2, 0) is 11.2 Å². The number of hydrogen-bond donors (Lipinski definition) is 2. The van der Waals surface area contributed by atoms with Crippen LogP contribution in [-0.4, -0.2) is 42.0 Å². The second-order valence-electron chi connectivity index (χ2n) is 7.81. The molecule has 1 aliphatic rings. The van der Waals surface area contributed by atoms with Crippen LogP contribution in [0.5, 0.6) is 5.75 Å². The van der Waals surface area contributed by atoms with Crippen molar-refractivity contribution in [2.24, 2.45) is 0 Å². The summed E-state index contributed by atoms with van der Waals surface area (Å²) in [4.78, 5) is 34.9. The summed E-state index contributed by atoms with van der Waals surface area (Å²) >= 11 is 0. The van der Waals surface area contributed by atoms with Crippen LogP contribution in [0.2, 0.25) is 0 Å². The second kappa shape index (κ2) is 9.79. The van der Waals surface area contributed by atoms with Crippen LogP contribution >= 0.6 is 0 Å². The van der Waals surface area contributed by atoms with E-state index < -0.39 is 6.04 Å². The first-order chi connectivity index (χ1) is 16.5. The minimum atomic E-state index is -0.658. The third-order valence-corrected chi connectivity index (χ3v) is 5.91. The van der Waals surface area contributed by atoms with Crippen molar-refractivity contribution >= 4 is 28.5 Å². The fourth-order valence-corrected chi connectivity index (χ4v) is 4.17. The monoisotopic (exact) mass is 456 g/mol. The van der Waals surface area contributed by atoms with Crippen LogP contribution in [0.25, 0.3) is 22.2 Å². The molecule has 3 heterocycles. The molecular weight excluding hydrogens is 428 g/mol. The van der Waals surface area contributed by atoms with Gasteiger partial charge in [0.15, 0.2) is 0 Å². The Morgan fingerprint density at radius 3 is 2.50 bits per heavy atom. The number of likely N-dealkylation sites (N-methyl/N-ethyl adjacent to an activating group) is 1. The van der Waals surface area contributed by atoms with E-state index in [0.29, 0.717) is 23.4 Å². The van der Waals surface area contributed by atoms with Crippen LogP contribution in [0.15, 0.2) is 67.0 Å². The molecule has 1 unspecified atom stereocenters. The van der Waals surface area contributed by atoms with Crippen molar-refractivity contribution in [2.45, 2.75) is 26.3 Å². The minimum absolute atomic E-state index is 0.158. The first-order valence-corrected chi connectivity index (χ1v) is 11.3. The van der Waals surface area contributed by atoms with Crippen LogP contribution in [0, 0.1) is 0 Å². The molecule has 0 bridgehead atoms. The fourth-order valence-electron chi connectivity index (χ4n) is 4.17. The number of H-pyrrole nitrogens is 1. The van der Waals surface area contributed by atoms with Gasteiger partial charge in [-0.2, -0.15) is 0 Å². The van der Waals surface area contributed by atoms with Gasteiger partial charge in [0.05, 0.1) is 18.4 Å². The molecule has 1 atom stereocenters. The number of anilines is 1. The lowest BCUT2D eigenvalue weighted by molar-refractivity contribution is -0.120. The van der Waals surface area contributed by atoms with Gasteiger partial charge in [0.1, 0.15) is 17.4 Å². The Balaban J connectivity index is 0.00000133. The van der Waals surface area contributed by atoms with Gasteiger partial charge in [0.25, 0.3) is 5.91 Å². The molecule has 2 amide bonds. The summed E-state index contributed by atoms with van der Waals surface area (Å²) in [5, 5.41) is 3.94. The number of nitrogens with zero attached hydrogens (tertiary/aromatic N) is 2. The van der Waals surface area contributed by atoms with E-state index in [1.807, 2.05) is 56.4 Å². The number of benzene rings is 2. The zero-order valence-corrected chi connectivity index (χ0v) is 19.8. The molecule has 5 rings (SSSR count). The summed E-state index contributed by atoms with van der Waals surface area (Å²) in [7, 11) is 3.24. The summed E-state index contributed by atoms with van der Waals surface area (Å²) in [6.07, 6.45) is 4.06. The van der Waals surface area contributed by atoms with E-state index >= 15 is 0 Å². The van der Waals surface area contributed by atoms with Crippen molar-refractivity contribution < 1.29 is 14.3 Å². The van der Waals surface area contributed by atoms with Gasteiger partial charge in [0.2, 0.25) is 5.91 Å². The largest absolute Gasteiger partial charge is 0.497 e. The van der Waals surface area contributed by atoms with E-state index in [0.717, 1.165) is 27.7 Å². The number of pyridine rings is 1. The van der Waals surface area contributed by atoms with E-state index in [9.17, 15) is 9.59 Å². The molecule has 2 aromatic heterocycles. The molecule has 34 heavy (non-hydrogen) atoms. The summed E-state index contributed by atoms with van der Waals surface area (Å²) in [6.45, 7) is 4.00. The zero-order chi connectivity index (χ0) is 24.2. The van der Waals surface area contributed by atoms with Crippen molar-refractivity contribution in [3.05, 3.63) is 78.1 Å². The highest BCUT2D eigenvalue weighted by Gasteiger charge is 2.32. The maximum Gasteiger partial charge on any atom is 0.254 e. The van der Waals surface area contributed by atoms with Gasteiger partial charge in [-0.25, -0.2) is 4.98 Å². The Morgan fingerprint density at radius 1 is 1.00 bits per heavy atom. The third kappa shape index (κ3) is 4.24. The third-order valence-electron chi connectivity index (χ3n) is 5.91. The van der Waals surface area contributed by atoms with Crippen LogP contribution in [0.1, 0.15) is 29.8 Å². The number of fused-ring (bicyclic) bond motifs is 2. The Bertz CT molecular complexity index is 1330. The number of carbonyl (C=O) groups is 2. The number of methoxy groups -OCH3 is 1. The molecule has 0 radical (unpaired) electrons. The number of nitrogens with one attached hydrogen (secondary N) is 2. The average molecular weight is 457 g/mol. The molecule has 0 saturated carbocycles. The van der Waals surface area contributed by atoms with Crippen molar-refractivity contribution in [1.82, 2.24) is 15.3 Å². The van der Waals surface area contributed by atoms with Gasteiger partial charge in [-0.3, -0.25) is 9.59 Å². The molecule has 1 aliphatic heterocycles. The quantitative estimate of drug-likeness (QED) is 0.471. The second-order valence-corrected chi connectivity index (χ2v) is 7.81. The Labute approximate surface area is 198 Å². The SMILES string of the molecule is CC.COc1ccc2c(c1)C(=O)NC(Cc1ccc(-c3ccnc4[nH]ccc34)cc1)C(=O)N2C. The van der Waals surface area contributed by atoms with Crippen LogP contribution < -0.4 is 15.0 Å². The lowest BCUT2D eigenvalue weighted by Gasteiger charge is -2.21. The zero-order valence-electron chi connectivity index (χ0n) is 19.8. The van der Waals surface area contributed by atoms with Gasteiger partial charge in [-0.1, -0.05) is 38.1 Å². The highest BCUT2D eigenvalue weighted by Crippen LogP contribution is 2.29. The van der Waals surface area contributed by atoms with E-state index in [4.69, 9.17) is 4.74 Å². The number of aromatic amines is 1. The van der Waals surface area contributed by atoms with Crippen molar-refractivity contribution in [1.29, 1.82) is 0 Å². The number of carbonyl (C=O) groups excluding carboxylic acids is 2. The standard InChI is InChI=1S/C25H22N4O3.C2H6/c1-29-22-8-7-17(32-2)14-20(22)24(30)28-21(25(29)31)13-15-3-5-16(6-4-15)18-9-11-26-23-19(18)10-12-27-23;1-2/h3-12,14,21H,13H2,1-2H3,(H,26,27)(H,28,30);1-2H3. The van der Waals surface area contributed by atoms with E-state index in [1.54, 1.807) is 38.6 Å². The molecule has 7 nitrogen and oxygen atoms in total. The summed E-state index contributed by atoms with van der Waals surface area (Å²) < 4.78 is 5.23. The smallest absolute Gasteiger partial charge is 0.254 e. The summed E-state index contributed by atoms with van der Waals surface area (Å²) in [6, 6.07) is 16.5. The van der Waals surface area contributed by atoms with E-state index in [-0.39, 0.29) is 11.8 Å². The Hall–Kier alpha value is -4.13. The molecule has 174 valence electrons. The summed E-state index contributed by atoms with van der Waals surface area (Å²) in [5.41, 5.74) is 4.95. The predicted molar refractivity (Wildman–Crippen MR) is 134 cm³/mol. The highest BCUT2D eigenvalue weighted by atomic mass is 16.5. The maximum atomic E-state index is 13.1. The average Bonchev–Trinajstić information content (AvgIpc) is 3.35. The van der Waals surface area contributed by atoms with E-state index in [1.165, 1.54) is 4.90 Å². The molecule has 0 fully saturated rings. The lowest BCUT2D eigenvalue weighted by atomic mass is 9.99. The molecular formula is C27H28N4O3. The van der Waals surface area contributed by atoms with Gasteiger partial charge >= 0.3 is 0 Å². The topological polar surface area (TPSA) is 87.3 Å². The number of rotatable bonds is 4. The number of aromatic nitrogens is 2. The van der Waals surface area contributed by atoms with Crippen LogP contribution in [0.4, 0.5) is 5.69 Å². The van der Waals surface area contributed by atoms with Gasteiger partial charge in [0, 0.05) is 31.2 Å².